The van der Waals surface area contributed by atoms with Crippen molar-refractivity contribution in [3.8, 4) is 0 Å². The Morgan fingerprint density at radius 2 is 2.09 bits per heavy atom. The van der Waals surface area contributed by atoms with Gasteiger partial charge in [0.1, 0.15) is 5.60 Å². The van der Waals surface area contributed by atoms with Gasteiger partial charge in [0.15, 0.2) is 0 Å². The highest BCUT2D eigenvalue weighted by atomic mass is 16.6. The number of ether oxygens (including phenoxy) is 1. The standard InChI is InChI=1S/C16H27N3O3/c1-6-7-13-17-18-14(21-13)11-8-9-12(10-11)19(5)15(20)22-16(2,3)4/h11-12H,6-10H2,1-5H3/t11-,12+/m0/s1. The first-order valence-electron chi connectivity index (χ1n) is 8.08. The number of rotatable bonds is 4. The van der Waals surface area contributed by atoms with E-state index in [1.54, 1.807) is 11.9 Å². The van der Waals surface area contributed by atoms with Crippen LogP contribution in [0.5, 0.6) is 0 Å². The molecule has 1 aromatic heterocycles. The van der Waals surface area contributed by atoms with E-state index in [9.17, 15) is 4.79 Å². The second kappa shape index (κ2) is 6.67. The van der Waals surface area contributed by atoms with Crippen LogP contribution in [0.25, 0.3) is 0 Å². The number of aryl methyl sites for hydroxylation is 1. The minimum absolute atomic E-state index is 0.168. The lowest BCUT2D eigenvalue weighted by molar-refractivity contribution is 0.0225. The van der Waals surface area contributed by atoms with Crippen LogP contribution in [-0.2, 0) is 11.2 Å². The fourth-order valence-electron chi connectivity index (χ4n) is 2.76. The maximum Gasteiger partial charge on any atom is 0.410 e. The first-order valence-corrected chi connectivity index (χ1v) is 8.08. The number of hydrogen-bond acceptors (Lipinski definition) is 5. The van der Waals surface area contributed by atoms with Gasteiger partial charge in [0.25, 0.3) is 0 Å². The van der Waals surface area contributed by atoms with Crippen molar-refractivity contribution in [3.63, 3.8) is 0 Å². The summed E-state index contributed by atoms with van der Waals surface area (Å²) in [5, 5.41) is 8.25. The van der Waals surface area contributed by atoms with Gasteiger partial charge in [-0.05, 0) is 46.5 Å². The summed E-state index contributed by atoms with van der Waals surface area (Å²) in [5.41, 5.74) is -0.467. The van der Waals surface area contributed by atoms with Crippen molar-refractivity contribution < 1.29 is 13.9 Å². The van der Waals surface area contributed by atoms with Crippen molar-refractivity contribution >= 4 is 6.09 Å². The Kier molecular flexibility index (Phi) is 5.08. The van der Waals surface area contributed by atoms with Crippen LogP contribution in [0, 0.1) is 0 Å². The lowest BCUT2D eigenvalue weighted by atomic mass is 10.1. The Labute approximate surface area is 132 Å². The van der Waals surface area contributed by atoms with Gasteiger partial charge in [0.2, 0.25) is 11.8 Å². The van der Waals surface area contributed by atoms with Crippen LogP contribution >= 0.6 is 0 Å². The smallest absolute Gasteiger partial charge is 0.410 e. The summed E-state index contributed by atoms with van der Waals surface area (Å²) in [7, 11) is 1.80. The maximum atomic E-state index is 12.1. The molecule has 6 heteroatoms. The molecule has 1 amide bonds. The lowest BCUT2D eigenvalue weighted by Gasteiger charge is -2.28. The third kappa shape index (κ3) is 4.21. The van der Waals surface area contributed by atoms with Gasteiger partial charge in [-0.2, -0.15) is 0 Å². The van der Waals surface area contributed by atoms with E-state index in [1.807, 2.05) is 20.8 Å². The highest BCUT2D eigenvalue weighted by Crippen LogP contribution is 2.36. The highest BCUT2D eigenvalue weighted by molar-refractivity contribution is 5.68. The molecule has 1 fully saturated rings. The SMILES string of the molecule is CCCc1nnc([C@H]2CC[C@@H](N(C)C(=O)OC(C)(C)C)C2)o1. The van der Waals surface area contributed by atoms with E-state index in [-0.39, 0.29) is 18.1 Å². The molecule has 2 rings (SSSR count). The van der Waals surface area contributed by atoms with Crippen molar-refractivity contribution in [2.24, 2.45) is 0 Å². The number of carbonyl (C=O) groups is 1. The summed E-state index contributed by atoms with van der Waals surface area (Å²) < 4.78 is 11.1. The van der Waals surface area contributed by atoms with E-state index in [0.717, 1.165) is 32.1 Å². The minimum Gasteiger partial charge on any atom is -0.444 e. The van der Waals surface area contributed by atoms with Crippen molar-refractivity contribution in [2.75, 3.05) is 7.05 Å². The second-order valence-electron chi connectivity index (χ2n) is 7.04. The largest absolute Gasteiger partial charge is 0.444 e. The first-order chi connectivity index (χ1) is 10.3. The van der Waals surface area contributed by atoms with Crippen LogP contribution < -0.4 is 0 Å². The molecule has 22 heavy (non-hydrogen) atoms. The average molecular weight is 309 g/mol. The van der Waals surface area contributed by atoms with Gasteiger partial charge < -0.3 is 14.1 Å². The summed E-state index contributed by atoms with van der Waals surface area (Å²) in [4.78, 5) is 13.8. The average Bonchev–Trinajstić information content (AvgIpc) is 3.04. The van der Waals surface area contributed by atoms with Gasteiger partial charge in [-0.1, -0.05) is 6.92 Å². The number of hydrogen-bond donors (Lipinski definition) is 0. The molecule has 0 N–H and O–H groups in total. The van der Waals surface area contributed by atoms with E-state index in [2.05, 4.69) is 17.1 Å². The quantitative estimate of drug-likeness (QED) is 0.851. The van der Waals surface area contributed by atoms with Crippen LogP contribution in [0.4, 0.5) is 4.79 Å². The third-order valence-electron chi connectivity index (χ3n) is 3.93. The maximum absolute atomic E-state index is 12.1. The summed E-state index contributed by atoms with van der Waals surface area (Å²) in [6, 6.07) is 0.168. The fraction of sp³-hybridized carbons (Fsp3) is 0.812. The highest BCUT2D eigenvalue weighted by Gasteiger charge is 2.35. The fourth-order valence-corrected chi connectivity index (χ4v) is 2.76. The molecule has 0 spiro atoms. The van der Waals surface area contributed by atoms with Crippen LogP contribution in [0.15, 0.2) is 4.42 Å². The molecule has 1 aromatic rings. The molecule has 1 aliphatic carbocycles. The predicted molar refractivity (Wildman–Crippen MR) is 82.7 cm³/mol. The molecule has 0 aliphatic heterocycles. The molecule has 0 aromatic carbocycles. The number of amides is 1. The van der Waals surface area contributed by atoms with Crippen molar-refractivity contribution in [2.45, 2.75) is 77.4 Å². The molecule has 1 heterocycles. The first kappa shape index (κ1) is 16.8. The second-order valence-corrected chi connectivity index (χ2v) is 7.04. The number of carbonyl (C=O) groups excluding carboxylic acids is 1. The van der Waals surface area contributed by atoms with Gasteiger partial charge in [0, 0.05) is 25.4 Å². The molecule has 2 atom stereocenters. The van der Waals surface area contributed by atoms with Crippen molar-refractivity contribution in [3.05, 3.63) is 11.8 Å². The molecule has 0 radical (unpaired) electrons. The monoisotopic (exact) mass is 309 g/mol. The van der Waals surface area contributed by atoms with Crippen LogP contribution in [0.1, 0.15) is 71.1 Å². The van der Waals surface area contributed by atoms with E-state index < -0.39 is 5.60 Å². The van der Waals surface area contributed by atoms with Gasteiger partial charge in [0.05, 0.1) is 0 Å². The lowest BCUT2D eigenvalue weighted by Crippen LogP contribution is -2.39. The zero-order valence-electron chi connectivity index (χ0n) is 14.3. The summed E-state index contributed by atoms with van der Waals surface area (Å²) in [6.45, 7) is 7.73. The minimum atomic E-state index is -0.467. The molecule has 1 saturated carbocycles. The Morgan fingerprint density at radius 1 is 1.36 bits per heavy atom. The molecule has 1 aliphatic rings. The predicted octanol–water partition coefficient (Wildman–Crippen LogP) is 3.53. The van der Waals surface area contributed by atoms with Crippen LogP contribution in [0.2, 0.25) is 0 Å². The molecule has 0 saturated heterocycles. The zero-order chi connectivity index (χ0) is 16.3. The summed E-state index contributed by atoms with van der Waals surface area (Å²) in [5.74, 6) is 1.66. The van der Waals surface area contributed by atoms with Crippen LogP contribution in [0.3, 0.4) is 0 Å². The van der Waals surface area contributed by atoms with Gasteiger partial charge in [-0.25, -0.2) is 4.79 Å². The molecule has 124 valence electrons. The molecule has 0 bridgehead atoms. The summed E-state index contributed by atoms with van der Waals surface area (Å²) in [6.07, 6.45) is 4.30. The molecule has 0 unspecified atom stereocenters. The van der Waals surface area contributed by atoms with Gasteiger partial charge in [-0.3, -0.25) is 0 Å². The van der Waals surface area contributed by atoms with Crippen molar-refractivity contribution in [1.29, 1.82) is 0 Å². The van der Waals surface area contributed by atoms with E-state index in [0.29, 0.717) is 11.8 Å². The van der Waals surface area contributed by atoms with Crippen LogP contribution in [-0.4, -0.2) is 39.9 Å². The molecular formula is C16H27N3O3. The zero-order valence-corrected chi connectivity index (χ0v) is 14.3. The van der Waals surface area contributed by atoms with Gasteiger partial charge >= 0.3 is 6.09 Å². The normalized spacial score (nSPS) is 21.9. The molecule has 6 nitrogen and oxygen atoms in total. The molecular weight excluding hydrogens is 282 g/mol. The van der Waals surface area contributed by atoms with E-state index in [4.69, 9.17) is 9.15 Å². The number of aromatic nitrogens is 2. The topological polar surface area (TPSA) is 68.5 Å². The Morgan fingerprint density at radius 3 is 2.73 bits per heavy atom. The number of nitrogens with zero attached hydrogens (tertiary/aromatic N) is 3. The van der Waals surface area contributed by atoms with E-state index in [1.165, 1.54) is 0 Å². The Bertz CT molecular complexity index is 507. The Hall–Kier alpha value is -1.59. The Balaban J connectivity index is 1.92. The summed E-state index contributed by atoms with van der Waals surface area (Å²) >= 11 is 0. The third-order valence-corrected chi connectivity index (χ3v) is 3.93. The van der Waals surface area contributed by atoms with Gasteiger partial charge in [-0.15, -0.1) is 10.2 Å². The van der Waals surface area contributed by atoms with E-state index >= 15 is 0 Å². The van der Waals surface area contributed by atoms with Crippen molar-refractivity contribution in [1.82, 2.24) is 15.1 Å².